The maximum Gasteiger partial charge on any atom is 0.318 e. The Morgan fingerprint density at radius 2 is 1.56 bits per heavy atom. The molecule has 2 aliphatic heterocycles. The summed E-state index contributed by atoms with van der Waals surface area (Å²) in [5.41, 5.74) is -1.91. The van der Waals surface area contributed by atoms with Crippen LogP contribution in [0.5, 0.6) is 0 Å². The first kappa shape index (κ1) is 45.4. The molecule has 330 valence electrons. The Hall–Kier alpha value is -3.08. The zero-order valence-corrected chi connectivity index (χ0v) is 36.4. The fraction of sp³-hybridized carbons (Fsp3) is 0.833. The second kappa shape index (κ2) is 18.9. The lowest BCUT2D eigenvalue weighted by molar-refractivity contribution is -0.296. The number of hydrogen-bond acceptors (Lipinski definition) is 9. The largest absolute Gasteiger partial charge is 0.481 e. The average molecular weight is 825 g/mol. The number of unbranched alkanes of at least 4 members (excludes halogenated alkanes) is 8. The van der Waals surface area contributed by atoms with Crippen LogP contribution in [0.1, 0.15) is 169 Å². The molecule has 7 aliphatic rings. The molecule has 5 aliphatic carbocycles. The highest BCUT2D eigenvalue weighted by Gasteiger charge is 2.78. The van der Waals surface area contributed by atoms with Crippen molar-refractivity contribution in [2.24, 2.45) is 69.5 Å². The van der Waals surface area contributed by atoms with E-state index in [1.54, 1.807) is 0 Å². The standard InChI is InChI=1S/C48H72O11/c1-6-7-8-14-18-30(32-28-37(51)58-42(32)52)21-22-31(19-15-12-10-9-11-13-16-20-36(49)50)57-41-38(29(2)3)33-27-35-46(4)24-17-25-47(5,45(55)56)34(46)23-26-48(35,41)40-39(33)43(53)59-44(40)54/h14,18,29-35,38-41H,6-13,15-17,19-28H2,1-5H3,(H,49,50)(H,55,56)/b18-14+. The van der Waals surface area contributed by atoms with Gasteiger partial charge in [-0.3, -0.25) is 28.8 Å². The minimum atomic E-state index is -0.869. The number of fused-ring (bicyclic) bond motifs is 2. The van der Waals surface area contributed by atoms with E-state index < -0.39 is 64.4 Å². The van der Waals surface area contributed by atoms with Crippen LogP contribution >= 0.6 is 0 Å². The van der Waals surface area contributed by atoms with Gasteiger partial charge in [0.15, 0.2) is 0 Å². The summed E-state index contributed by atoms with van der Waals surface area (Å²) < 4.78 is 18.3. The normalized spacial score (nSPS) is 37.3. The molecule has 0 aromatic heterocycles. The first-order chi connectivity index (χ1) is 28.1. The molecule has 11 nitrogen and oxygen atoms in total. The van der Waals surface area contributed by atoms with Crippen LogP contribution in [-0.4, -0.2) is 58.2 Å². The third kappa shape index (κ3) is 8.84. The van der Waals surface area contributed by atoms with E-state index in [9.17, 15) is 33.9 Å². The highest BCUT2D eigenvalue weighted by molar-refractivity contribution is 5.98. The van der Waals surface area contributed by atoms with Crippen molar-refractivity contribution in [2.45, 2.75) is 182 Å². The van der Waals surface area contributed by atoms with Crippen molar-refractivity contribution in [3.8, 4) is 0 Å². The number of cyclic esters (lactones) is 4. The van der Waals surface area contributed by atoms with Crippen LogP contribution in [-0.2, 0) is 43.0 Å². The fourth-order valence-corrected chi connectivity index (χ4v) is 14.0. The quantitative estimate of drug-likeness (QED) is 0.0461. The van der Waals surface area contributed by atoms with Gasteiger partial charge in [0.1, 0.15) is 0 Å². The van der Waals surface area contributed by atoms with Gasteiger partial charge in [0.25, 0.3) is 0 Å². The predicted molar refractivity (Wildman–Crippen MR) is 219 cm³/mol. The van der Waals surface area contributed by atoms with Crippen LogP contribution < -0.4 is 0 Å². The predicted octanol–water partition coefficient (Wildman–Crippen LogP) is 9.48. The van der Waals surface area contributed by atoms with Crippen LogP contribution in [0.2, 0.25) is 0 Å². The highest BCUT2D eigenvalue weighted by atomic mass is 16.6. The van der Waals surface area contributed by atoms with E-state index in [0.717, 1.165) is 83.5 Å². The molecule has 2 N–H and O–H groups in total. The Morgan fingerprint density at radius 1 is 0.847 bits per heavy atom. The van der Waals surface area contributed by atoms with Gasteiger partial charge in [-0.2, -0.15) is 0 Å². The summed E-state index contributed by atoms with van der Waals surface area (Å²) in [6.45, 7) is 10.7. The van der Waals surface area contributed by atoms with E-state index in [2.05, 4.69) is 39.8 Å². The van der Waals surface area contributed by atoms with Crippen molar-refractivity contribution < 1.29 is 53.2 Å². The maximum atomic E-state index is 14.1. The maximum absolute atomic E-state index is 14.1. The van der Waals surface area contributed by atoms with E-state index in [-0.39, 0.29) is 66.0 Å². The molecule has 59 heavy (non-hydrogen) atoms. The van der Waals surface area contributed by atoms with Gasteiger partial charge in [-0.1, -0.05) is 97.6 Å². The van der Waals surface area contributed by atoms with Gasteiger partial charge in [0.05, 0.1) is 41.8 Å². The summed E-state index contributed by atoms with van der Waals surface area (Å²) in [7, 11) is 0. The Morgan fingerprint density at radius 3 is 2.20 bits per heavy atom. The molecule has 7 fully saturated rings. The number of allylic oxidation sites excluding steroid dienone is 2. The zero-order valence-electron chi connectivity index (χ0n) is 36.4. The van der Waals surface area contributed by atoms with Gasteiger partial charge in [-0.05, 0) is 112 Å². The van der Waals surface area contributed by atoms with Crippen molar-refractivity contribution in [3.63, 3.8) is 0 Å². The molecule has 2 heterocycles. The molecule has 0 amide bonds. The second-order valence-electron chi connectivity index (χ2n) is 20.3. The molecule has 2 bridgehead atoms. The van der Waals surface area contributed by atoms with Crippen molar-refractivity contribution in [2.75, 3.05) is 0 Å². The monoisotopic (exact) mass is 825 g/mol. The van der Waals surface area contributed by atoms with Crippen molar-refractivity contribution in [3.05, 3.63) is 12.2 Å². The van der Waals surface area contributed by atoms with Crippen LogP contribution in [0, 0.1) is 69.5 Å². The molecule has 5 saturated carbocycles. The number of hydrogen-bond donors (Lipinski definition) is 2. The summed E-state index contributed by atoms with van der Waals surface area (Å²) in [6.07, 6.45) is 19.9. The number of carboxylic acid groups (broad SMARTS) is 2. The highest BCUT2D eigenvalue weighted by Crippen LogP contribution is 2.76. The summed E-state index contributed by atoms with van der Waals surface area (Å²) >= 11 is 0. The number of carboxylic acids is 2. The van der Waals surface area contributed by atoms with Crippen molar-refractivity contribution in [1.82, 2.24) is 0 Å². The first-order valence-corrected chi connectivity index (χ1v) is 23.4. The van der Waals surface area contributed by atoms with Crippen LogP contribution in [0.15, 0.2) is 12.2 Å². The first-order valence-electron chi connectivity index (χ1n) is 23.4. The minimum Gasteiger partial charge on any atom is -0.481 e. The van der Waals surface area contributed by atoms with Gasteiger partial charge < -0.3 is 24.4 Å². The minimum absolute atomic E-state index is 0.000943. The van der Waals surface area contributed by atoms with Crippen molar-refractivity contribution in [1.29, 1.82) is 0 Å². The molecule has 1 spiro atoms. The SMILES string of the molecule is CCCC/C=C/C(CCC(CCCCCCCCCC(=O)O)OC1C(C(C)C)C2CC3C4(C)CCCC(C)(C(=O)O)C4CCC13C1C(=O)OC(=O)C21)C1CC(=O)OC1=O. The Labute approximate surface area is 351 Å². The molecule has 11 heteroatoms. The Kier molecular flexibility index (Phi) is 14.6. The third-order valence-electron chi connectivity index (χ3n) is 16.7. The van der Waals surface area contributed by atoms with Gasteiger partial charge in [0, 0.05) is 11.8 Å². The van der Waals surface area contributed by atoms with E-state index in [1.807, 2.05) is 6.92 Å². The lowest BCUT2D eigenvalue weighted by Crippen LogP contribution is -2.73. The van der Waals surface area contributed by atoms with Gasteiger partial charge >= 0.3 is 35.8 Å². The molecule has 0 radical (unpaired) electrons. The second-order valence-corrected chi connectivity index (χ2v) is 20.3. The number of esters is 4. The van der Waals surface area contributed by atoms with E-state index >= 15 is 0 Å². The molecular weight excluding hydrogens is 753 g/mol. The molecule has 0 aromatic rings. The van der Waals surface area contributed by atoms with Crippen LogP contribution in [0.4, 0.5) is 0 Å². The number of carbonyl (C=O) groups is 6. The fourth-order valence-electron chi connectivity index (χ4n) is 14.0. The number of ether oxygens (including phenoxy) is 3. The topological polar surface area (TPSA) is 171 Å². The van der Waals surface area contributed by atoms with Gasteiger partial charge in [-0.15, -0.1) is 0 Å². The lowest BCUT2D eigenvalue weighted by atomic mass is 9.31. The summed E-state index contributed by atoms with van der Waals surface area (Å²) in [5, 5.41) is 19.7. The van der Waals surface area contributed by atoms with Crippen molar-refractivity contribution >= 4 is 35.8 Å². The molecule has 7 rings (SSSR count). The molecule has 13 atom stereocenters. The molecular formula is C48H72O11. The lowest BCUT2D eigenvalue weighted by Gasteiger charge is -2.72. The molecule has 13 unspecified atom stereocenters. The number of carbonyl (C=O) groups excluding carboxylic acids is 4. The summed E-state index contributed by atoms with van der Waals surface area (Å²) in [6, 6.07) is 0. The average Bonchev–Trinajstić information content (AvgIpc) is 3.69. The summed E-state index contributed by atoms with van der Waals surface area (Å²) in [5.74, 6) is -5.20. The van der Waals surface area contributed by atoms with Crippen LogP contribution in [0.3, 0.4) is 0 Å². The number of aliphatic carboxylic acids is 2. The molecule has 0 aromatic carbocycles. The van der Waals surface area contributed by atoms with E-state index in [0.29, 0.717) is 38.5 Å². The zero-order chi connectivity index (χ0) is 42.7. The Bertz CT molecular complexity index is 1600. The van der Waals surface area contributed by atoms with Gasteiger partial charge in [0.2, 0.25) is 0 Å². The third-order valence-corrected chi connectivity index (χ3v) is 16.7. The van der Waals surface area contributed by atoms with Crippen LogP contribution in [0.25, 0.3) is 0 Å². The molecule has 2 saturated heterocycles. The number of rotatable bonds is 22. The Balaban J connectivity index is 1.31. The van der Waals surface area contributed by atoms with E-state index in [4.69, 9.17) is 19.3 Å². The van der Waals surface area contributed by atoms with Gasteiger partial charge in [-0.25, -0.2) is 0 Å². The summed E-state index contributed by atoms with van der Waals surface area (Å²) in [4.78, 5) is 77.0. The smallest absolute Gasteiger partial charge is 0.318 e. The van der Waals surface area contributed by atoms with E-state index in [1.165, 1.54) is 0 Å².